The van der Waals surface area contributed by atoms with E-state index in [9.17, 15) is 4.79 Å². The van der Waals surface area contributed by atoms with Crippen LogP contribution in [0.1, 0.15) is 24.0 Å². The number of ether oxygens (including phenoxy) is 2. The summed E-state index contributed by atoms with van der Waals surface area (Å²) in [6, 6.07) is 15.8. The fourth-order valence-electron chi connectivity index (χ4n) is 2.54. The van der Waals surface area contributed by atoms with E-state index in [4.69, 9.17) is 9.47 Å². The number of methoxy groups -OCH3 is 2. The van der Waals surface area contributed by atoms with Gasteiger partial charge in [0, 0.05) is 13.1 Å². The first-order valence-corrected chi connectivity index (χ1v) is 8.49. The van der Waals surface area contributed by atoms with Gasteiger partial charge in [-0.25, -0.2) is 4.79 Å². The molecule has 0 bridgehead atoms. The van der Waals surface area contributed by atoms with E-state index in [1.54, 1.807) is 14.2 Å². The van der Waals surface area contributed by atoms with Crippen molar-refractivity contribution < 1.29 is 14.3 Å². The summed E-state index contributed by atoms with van der Waals surface area (Å²) in [7, 11) is 3.19. The maximum atomic E-state index is 11.8. The van der Waals surface area contributed by atoms with Gasteiger partial charge >= 0.3 is 6.03 Å². The van der Waals surface area contributed by atoms with E-state index < -0.39 is 0 Å². The number of hydrogen-bond acceptors (Lipinski definition) is 3. The third-order valence-electron chi connectivity index (χ3n) is 3.92. The second kappa shape index (κ2) is 10.2. The van der Waals surface area contributed by atoms with Crippen LogP contribution in [-0.2, 0) is 13.0 Å². The van der Waals surface area contributed by atoms with Crippen LogP contribution in [0.2, 0.25) is 0 Å². The first-order valence-electron chi connectivity index (χ1n) is 8.49. The molecular weight excluding hydrogens is 316 g/mol. The lowest BCUT2D eigenvalue weighted by Gasteiger charge is -2.11. The summed E-state index contributed by atoms with van der Waals surface area (Å²) in [5.41, 5.74) is 2.29. The molecule has 5 heteroatoms. The van der Waals surface area contributed by atoms with Crippen molar-refractivity contribution in [2.45, 2.75) is 25.8 Å². The highest BCUT2D eigenvalue weighted by Gasteiger charge is 2.05. The van der Waals surface area contributed by atoms with Gasteiger partial charge < -0.3 is 20.1 Å². The van der Waals surface area contributed by atoms with Gasteiger partial charge in [-0.3, -0.25) is 0 Å². The Morgan fingerprint density at radius 3 is 2.36 bits per heavy atom. The minimum Gasteiger partial charge on any atom is -0.493 e. The first kappa shape index (κ1) is 18.6. The summed E-state index contributed by atoms with van der Waals surface area (Å²) in [4.78, 5) is 11.8. The summed E-state index contributed by atoms with van der Waals surface area (Å²) in [6.45, 7) is 1.11. The molecule has 0 aliphatic rings. The van der Waals surface area contributed by atoms with Crippen LogP contribution >= 0.6 is 0 Å². The Hall–Kier alpha value is -2.69. The SMILES string of the molecule is COc1ccc(CNC(=O)NCCCCc2ccccc2)cc1OC. The van der Waals surface area contributed by atoms with Gasteiger partial charge in [-0.1, -0.05) is 36.4 Å². The molecule has 0 unspecified atom stereocenters. The number of amides is 2. The molecule has 0 atom stereocenters. The fourth-order valence-corrected chi connectivity index (χ4v) is 2.54. The number of unbranched alkanes of at least 4 members (excludes halogenated alkanes) is 1. The Bertz CT molecular complexity index is 659. The molecule has 2 rings (SSSR count). The molecular formula is C20H26N2O3. The van der Waals surface area contributed by atoms with E-state index in [1.165, 1.54) is 5.56 Å². The van der Waals surface area contributed by atoms with Crippen LogP contribution in [0.25, 0.3) is 0 Å². The molecule has 0 radical (unpaired) electrons. The highest BCUT2D eigenvalue weighted by atomic mass is 16.5. The van der Waals surface area contributed by atoms with E-state index in [2.05, 4.69) is 34.9 Å². The summed E-state index contributed by atoms with van der Waals surface area (Å²) < 4.78 is 10.5. The zero-order valence-corrected chi connectivity index (χ0v) is 14.9. The minimum atomic E-state index is -0.158. The molecule has 2 N–H and O–H groups in total. The maximum Gasteiger partial charge on any atom is 0.315 e. The Morgan fingerprint density at radius 2 is 1.64 bits per heavy atom. The van der Waals surface area contributed by atoms with E-state index in [1.807, 2.05) is 24.3 Å². The van der Waals surface area contributed by atoms with E-state index in [0.29, 0.717) is 24.6 Å². The minimum absolute atomic E-state index is 0.158. The average Bonchev–Trinajstić information content (AvgIpc) is 2.66. The van der Waals surface area contributed by atoms with Crippen molar-refractivity contribution in [3.8, 4) is 11.5 Å². The van der Waals surface area contributed by atoms with Crippen LogP contribution in [0.15, 0.2) is 48.5 Å². The van der Waals surface area contributed by atoms with Crippen LogP contribution in [0.4, 0.5) is 4.79 Å². The number of carbonyl (C=O) groups excluding carboxylic acids is 1. The highest BCUT2D eigenvalue weighted by molar-refractivity contribution is 5.73. The van der Waals surface area contributed by atoms with Crippen LogP contribution in [0.3, 0.4) is 0 Å². The summed E-state index contributed by atoms with van der Waals surface area (Å²) in [5, 5.41) is 5.73. The fraction of sp³-hybridized carbons (Fsp3) is 0.350. The molecule has 2 aromatic rings. The van der Waals surface area contributed by atoms with Crippen LogP contribution < -0.4 is 20.1 Å². The van der Waals surface area contributed by atoms with Crippen molar-refractivity contribution in [2.24, 2.45) is 0 Å². The number of urea groups is 1. The lowest BCUT2D eigenvalue weighted by atomic mass is 10.1. The maximum absolute atomic E-state index is 11.8. The van der Waals surface area contributed by atoms with Crippen LogP contribution in [0, 0.1) is 0 Å². The summed E-state index contributed by atoms with van der Waals surface area (Å²) in [5.74, 6) is 1.33. The predicted molar refractivity (Wildman–Crippen MR) is 99.2 cm³/mol. The standard InChI is InChI=1S/C20H26N2O3/c1-24-18-12-11-17(14-19(18)25-2)15-22-20(23)21-13-7-6-10-16-8-4-3-5-9-16/h3-5,8-9,11-12,14H,6-7,10,13,15H2,1-2H3,(H2,21,22,23). The molecule has 25 heavy (non-hydrogen) atoms. The highest BCUT2D eigenvalue weighted by Crippen LogP contribution is 2.27. The first-order chi connectivity index (χ1) is 12.2. The second-order valence-corrected chi connectivity index (χ2v) is 5.74. The number of rotatable bonds is 9. The smallest absolute Gasteiger partial charge is 0.315 e. The Kier molecular flexibility index (Phi) is 7.63. The quantitative estimate of drug-likeness (QED) is 0.686. The van der Waals surface area contributed by atoms with E-state index in [0.717, 1.165) is 24.8 Å². The summed E-state index contributed by atoms with van der Waals surface area (Å²) in [6.07, 6.45) is 3.05. The zero-order chi connectivity index (χ0) is 17.9. The second-order valence-electron chi connectivity index (χ2n) is 5.74. The molecule has 2 amide bonds. The molecule has 0 heterocycles. The number of carbonyl (C=O) groups is 1. The van der Waals surface area contributed by atoms with E-state index in [-0.39, 0.29) is 6.03 Å². The number of aryl methyl sites for hydroxylation is 1. The number of benzene rings is 2. The van der Waals surface area contributed by atoms with Gasteiger partial charge in [-0.15, -0.1) is 0 Å². The van der Waals surface area contributed by atoms with Gasteiger partial charge in [0.1, 0.15) is 0 Å². The zero-order valence-electron chi connectivity index (χ0n) is 14.9. The van der Waals surface area contributed by atoms with Crippen LogP contribution in [-0.4, -0.2) is 26.8 Å². The Balaban J connectivity index is 1.64. The monoisotopic (exact) mass is 342 g/mol. The van der Waals surface area contributed by atoms with Crippen molar-refractivity contribution in [1.82, 2.24) is 10.6 Å². The van der Waals surface area contributed by atoms with Crippen molar-refractivity contribution in [1.29, 1.82) is 0 Å². The molecule has 0 fully saturated rings. The number of nitrogens with one attached hydrogen (secondary N) is 2. The van der Waals surface area contributed by atoms with Gasteiger partial charge in [-0.05, 0) is 42.5 Å². The Morgan fingerprint density at radius 1 is 0.880 bits per heavy atom. The van der Waals surface area contributed by atoms with Crippen molar-refractivity contribution >= 4 is 6.03 Å². The van der Waals surface area contributed by atoms with Crippen molar-refractivity contribution in [2.75, 3.05) is 20.8 Å². The van der Waals surface area contributed by atoms with Gasteiger partial charge in [0.25, 0.3) is 0 Å². The molecule has 0 spiro atoms. The molecule has 134 valence electrons. The van der Waals surface area contributed by atoms with Crippen molar-refractivity contribution in [3.05, 3.63) is 59.7 Å². The average molecular weight is 342 g/mol. The normalized spacial score (nSPS) is 10.2. The lowest BCUT2D eigenvalue weighted by Crippen LogP contribution is -2.35. The predicted octanol–water partition coefficient (Wildman–Crippen LogP) is 3.53. The largest absolute Gasteiger partial charge is 0.493 e. The molecule has 5 nitrogen and oxygen atoms in total. The summed E-state index contributed by atoms with van der Waals surface area (Å²) >= 11 is 0. The molecule has 0 saturated heterocycles. The topological polar surface area (TPSA) is 59.6 Å². The van der Waals surface area contributed by atoms with Gasteiger partial charge in [0.15, 0.2) is 11.5 Å². The third-order valence-corrected chi connectivity index (χ3v) is 3.92. The van der Waals surface area contributed by atoms with Gasteiger partial charge in [-0.2, -0.15) is 0 Å². The molecule has 0 aliphatic carbocycles. The Labute approximate surface area is 149 Å². The molecule has 0 aliphatic heterocycles. The molecule has 0 saturated carbocycles. The van der Waals surface area contributed by atoms with Crippen LogP contribution in [0.5, 0.6) is 11.5 Å². The van der Waals surface area contributed by atoms with Gasteiger partial charge in [0.2, 0.25) is 0 Å². The van der Waals surface area contributed by atoms with E-state index >= 15 is 0 Å². The molecule has 0 aromatic heterocycles. The number of hydrogen-bond donors (Lipinski definition) is 2. The van der Waals surface area contributed by atoms with Crippen molar-refractivity contribution in [3.63, 3.8) is 0 Å². The van der Waals surface area contributed by atoms with Gasteiger partial charge in [0.05, 0.1) is 14.2 Å². The molecule has 2 aromatic carbocycles. The lowest BCUT2D eigenvalue weighted by molar-refractivity contribution is 0.240. The third kappa shape index (κ3) is 6.37.